The maximum atomic E-state index is 2.43. The van der Waals surface area contributed by atoms with E-state index in [1.165, 1.54) is 19.3 Å². The summed E-state index contributed by atoms with van der Waals surface area (Å²) in [5, 5.41) is 0. The Hall–Kier alpha value is 0. The SMILES string of the molecule is CC(CC(C)(C)C)CC(C)(C)CC(C)(C)C.[CH]. The molecule has 0 aliphatic rings. The van der Waals surface area contributed by atoms with E-state index in [4.69, 9.17) is 0 Å². The van der Waals surface area contributed by atoms with Crippen LogP contribution in [0.1, 0.15) is 81.6 Å². The van der Waals surface area contributed by atoms with Crippen LogP contribution in [0.25, 0.3) is 0 Å². The van der Waals surface area contributed by atoms with Gasteiger partial charge in [0.25, 0.3) is 0 Å². The third kappa shape index (κ3) is 12.2. The fourth-order valence-corrected chi connectivity index (χ4v) is 3.57. The van der Waals surface area contributed by atoms with Gasteiger partial charge in [-0.1, -0.05) is 62.3 Å². The molecule has 0 fully saturated rings. The second kappa shape index (κ2) is 6.25. The fraction of sp³-hybridized carbons (Fsp3) is 0.941. The summed E-state index contributed by atoms with van der Waals surface area (Å²) in [7, 11) is 0. The van der Waals surface area contributed by atoms with Crippen molar-refractivity contribution in [2.75, 3.05) is 0 Å². The Morgan fingerprint density at radius 2 is 1.12 bits per heavy atom. The molecule has 0 bridgehead atoms. The van der Waals surface area contributed by atoms with Crippen LogP contribution in [0.4, 0.5) is 0 Å². The van der Waals surface area contributed by atoms with Gasteiger partial charge >= 0.3 is 0 Å². The molecule has 1 unspecified atom stereocenters. The molecule has 0 nitrogen and oxygen atoms in total. The van der Waals surface area contributed by atoms with Crippen molar-refractivity contribution in [1.29, 1.82) is 0 Å². The lowest BCUT2D eigenvalue weighted by Crippen LogP contribution is -2.24. The summed E-state index contributed by atoms with van der Waals surface area (Å²) >= 11 is 0. The molecule has 0 heteroatoms. The monoisotopic (exact) mass is 239 g/mol. The van der Waals surface area contributed by atoms with Crippen molar-refractivity contribution in [1.82, 2.24) is 0 Å². The molecule has 0 aliphatic carbocycles. The van der Waals surface area contributed by atoms with Crippen molar-refractivity contribution in [3.63, 3.8) is 0 Å². The smallest absolute Gasteiger partial charge is 0.0312 e. The lowest BCUT2D eigenvalue weighted by molar-refractivity contribution is 0.156. The Labute approximate surface area is 112 Å². The van der Waals surface area contributed by atoms with Crippen molar-refractivity contribution in [2.45, 2.75) is 81.6 Å². The molecule has 0 amide bonds. The van der Waals surface area contributed by atoms with Crippen LogP contribution in [-0.4, -0.2) is 0 Å². The molecule has 0 spiro atoms. The third-order valence-corrected chi connectivity index (χ3v) is 2.87. The van der Waals surface area contributed by atoms with E-state index in [1.54, 1.807) is 0 Å². The molecule has 0 aromatic carbocycles. The lowest BCUT2D eigenvalue weighted by atomic mass is 9.70. The van der Waals surface area contributed by atoms with Crippen molar-refractivity contribution in [2.24, 2.45) is 22.2 Å². The molecule has 103 valence electrons. The van der Waals surface area contributed by atoms with Crippen molar-refractivity contribution in [3.8, 4) is 0 Å². The van der Waals surface area contributed by atoms with Crippen molar-refractivity contribution < 1.29 is 0 Å². The van der Waals surface area contributed by atoms with E-state index < -0.39 is 0 Å². The molecule has 0 saturated carbocycles. The fourth-order valence-electron chi connectivity index (χ4n) is 3.57. The average Bonchev–Trinajstić information content (AvgIpc) is 1.70. The molecule has 0 rings (SSSR count). The highest BCUT2D eigenvalue weighted by Gasteiger charge is 2.28. The van der Waals surface area contributed by atoms with E-state index in [9.17, 15) is 0 Å². The Kier molecular flexibility index (Phi) is 7.11. The quantitative estimate of drug-likeness (QED) is 0.555. The molecule has 0 heterocycles. The second-order valence-electron chi connectivity index (χ2n) is 8.98. The molecule has 0 aliphatic heterocycles. The van der Waals surface area contributed by atoms with Gasteiger partial charge in [0.1, 0.15) is 0 Å². The van der Waals surface area contributed by atoms with Crippen LogP contribution >= 0.6 is 0 Å². The normalized spacial score (nSPS) is 15.4. The van der Waals surface area contributed by atoms with Gasteiger partial charge in [-0.3, -0.25) is 0 Å². The number of hydrogen-bond acceptors (Lipinski definition) is 0. The molecule has 3 radical (unpaired) electrons. The minimum atomic E-state index is 0. The van der Waals surface area contributed by atoms with E-state index in [0.29, 0.717) is 16.2 Å². The van der Waals surface area contributed by atoms with Gasteiger partial charge in [-0.05, 0) is 48.9 Å². The zero-order valence-corrected chi connectivity index (χ0v) is 13.8. The summed E-state index contributed by atoms with van der Waals surface area (Å²) in [5.74, 6) is 0.831. The van der Waals surface area contributed by atoms with Crippen LogP contribution < -0.4 is 0 Å². The van der Waals surface area contributed by atoms with Gasteiger partial charge in [0.15, 0.2) is 0 Å². The van der Waals surface area contributed by atoms with E-state index in [-0.39, 0.29) is 7.43 Å². The van der Waals surface area contributed by atoms with Crippen LogP contribution in [0.2, 0.25) is 0 Å². The predicted molar refractivity (Wildman–Crippen MR) is 80.0 cm³/mol. The highest BCUT2D eigenvalue weighted by Crippen LogP contribution is 2.40. The van der Waals surface area contributed by atoms with Gasteiger partial charge in [-0.2, -0.15) is 0 Å². The first-order valence-electron chi connectivity index (χ1n) is 6.81. The zero-order chi connectivity index (χ0) is 13.2. The Balaban J connectivity index is 0. The molecule has 17 heavy (non-hydrogen) atoms. The maximum Gasteiger partial charge on any atom is -0.0312 e. The molecule has 0 saturated heterocycles. The van der Waals surface area contributed by atoms with Gasteiger partial charge < -0.3 is 0 Å². The second-order valence-corrected chi connectivity index (χ2v) is 8.98. The first-order chi connectivity index (χ1) is 6.81. The summed E-state index contributed by atoms with van der Waals surface area (Å²) in [6, 6.07) is 0. The zero-order valence-electron chi connectivity index (χ0n) is 13.8. The summed E-state index contributed by atoms with van der Waals surface area (Å²) < 4.78 is 0. The minimum absolute atomic E-state index is 0. The number of hydrogen-bond donors (Lipinski definition) is 0. The van der Waals surface area contributed by atoms with E-state index in [1.807, 2.05) is 0 Å². The average molecular weight is 239 g/mol. The summed E-state index contributed by atoms with van der Waals surface area (Å²) in [5.41, 5.74) is 1.39. The van der Waals surface area contributed by atoms with Gasteiger partial charge in [0.2, 0.25) is 0 Å². The van der Waals surface area contributed by atoms with Crippen LogP contribution in [0.15, 0.2) is 0 Å². The van der Waals surface area contributed by atoms with Crippen LogP contribution in [0.3, 0.4) is 0 Å². The van der Waals surface area contributed by atoms with E-state index in [0.717, 1.165) is 5.92 Å². The lowest BCUT2D eigenvalue weighted by Gasteiger charge is -2.36. The highest BCUT2D eigenvalue weighted by molar-refractivity contribution is 4.79. The molecule has 0 aromatic rings. The van der Waals surface area contributed by atoms with Crippen LogP contribution in [0.5, 0.6) is 0 Å². The molecular weight excluding hydrogens is 204 g/mol. The van der Waals surface area contributed by atoms with E-state index in [2.05, 4.69) is 62.3 Å². The van der Waals surface area contributed by atoms with Crippen LogP contribution in [-0.2, 0) is 0 Å². The first kappa shape index (κ1) is 19.3. The largest absolute Gasteiger partial charge is 0.0625 e. The standard InChI is InChI=1S/C16H34.CH/c1-13(10-14(2,3)4)11-16(8,9)12-15(5,6)7;/h13H,10-12H2,1-9H3;1H. The van der Waals surface area contributed by atoms with E-state index >= 15 is 0 Å². The van der Waals surface area contributed by atoms with Gasteiger partial charge in [0.05, 0.1) is 0 Å². The van der Waals surface area contributed by atoms with Gasteiger partial charge in [0, 0.05) is 0 Å². The van der Waals surface area contributed by atoms with Crippen molar-refractivity contribution in [3.05, 3.63) is 7.43 Å². The van der Waals surface area contributed by atoms with Gasteiger partial charge in [-0.25, -0.2) is 0 Å². The Morgan fingerprint density at radius 1 is 0.706 bits per heavy atom. The molecule has 1 atom stereocenters. The van der Waals surface area contributed by atoms with Crippen LogP contribution in [0, 0.1) is 29.6 Å². The first-order valence-corrected chi connectivity index (χ1v) is 6.81. The molecule has 0 N–H and O–H groups in total. The summed E-state index contributed by atoms with van der Waals surface area (Å²) in [6.07, 6.45) is 4.00. The topological polar surface area (TPSA) is 0 Å². The predicted octanol–water partition coefficient (Wildman–Crippen LogP) is 6.12. The number of rotatable bonds is 4. The van der Waals surface area contributed by atoms with Crippen molar-refractivity contribution >= 4 is 0 Å². The molecule has 0 aromatic heterocycles. The van der Waals surface area contributed by atoms with Gasteiger partial charge in [-0.15, -0.1) is 0 Å². The maximum absolute atomic E-state index is 2.43. The Morgan fingerprint density at radius 3 is 1.41 bits per heavy atom. The third-order valence-electron chi connectivity index (χ3n) is 2.87. The summed E-state index contributed by atoms with van der Waals surface area (Å²) in [4.78, 5) is 0. The summed E-state index contributed by atoms with van der Waals surface area (Å²) in [6.45, 7) is 21.4. The highest BCUT2D eigenvalue weighted by atomic mass is 14.3. The molecular formula is C17H35. The Bertz CT molecular complexity index is 197. The minimum Gasteiger partial charge on any atom is -0.0625 e.